The molecule has 0 radical (unpaired) electrons. The summed E-state index contributed by atoms with van der Waals surface area (Å²) in [6.45, 7) is -0.0383. The molecule has 0 spiro atoms. The lowest BCUT2D eigenvalue weighted by Gasteiger charge is -2.23. The van der Waals surface area contributed by atoms with Gasteiger partial charge in [0.1, 0.15) is 22.7 Å². The molecule has 3 N–H and O–H groups in total. The van der Waals surface area contributed by atoms with Crippen molar-refractivity contribution >= 4 is 28.7 Å². The van der Waals surface area contributed by atoms with Gasteiger partial charge in [-0.1, -0.05) is 42.5 Å². The van der Waals surface area contributed by atoms with Gasteiger partial charge in [-0.2, -0.15) is 0 Å². The molecule has 1 fully saturated rings. The number of hydrogen-bond donors (Lipinski definition) is 3. The Labute approximate surface area is 172 Å². The summed E-state index contributed by atoms with van der Waals surface area (Å²) in [7, 11) is 1.23. The number of ether oxygens (including phenoxy) is 1. The SMILES string of the molecule is COC(=O)C(Cc1ccc2ccccc2c1)NC(=O)C1CC(N=[N+]=N)CN1C(=O)O. The van der Waals surface area contributed by atoms with Crippen molar-refractivity contribution in [2.45, 2.75) is 31.0 Å². The van der Waals surface area contributed by atoms with Crippen molar-refractivity contribution in [3.8, 4) is 0 Å². The normalized spacial score (nSPS) is 19.0. The van der Waals surface area contributed by atoms with Crippen molar-refractivity contribution in [3.05, 3.63) is 48.0 Å². The Balaban J connectivity index is 1.78. The fraction of sp³-hybridized carbons (Fsp3) is 0.350. The number of nitrogens with one attached hydrogen (secondary N) is 2. The topological polar surface area (TPSA) is 146 Å². The van der Waals surface area contributed by atoms with Gasteiger partial charge in [0.05, 0.1) is 13.7 Å². The molecule has 1 aliphatic heterocycles. The van der Waals surface area contributed by atoms with Crippen LogP contribution in [-0.2, 0) is 20.7 Å². The van der Waals surface area contributed by atoms with Crippen molar-refractivity contribution in [2.75, 3.05) is 13.7 Å². The molecule has 0 aromatic heterocycles. The molecule has 3 unspecified atom stereocenters. The molecule has 1 saturated heterocycles. The first-order valence-corrected chi connectivity index (χ1v) is 9.35. The summed E-state index contributed by atoms with van der Waals surface area (Å²) in [5.41, 5.74) is 7.65. The maximum absolute atomic E-state index is 12.8. The first kappa shape index (κ1) is 20.9. The summed E-state index contributed by atoms with van der Waals surface area (Å²) in [6.07, 6.45) is -0.995. The number of carbonyl (C=O) groups excluding carboxylic acids is 2. The smallest absolute Gasteiger partial charge is 0.408 e. The van der Waals surface area contributed by atoms with Gasteiger partial charge in [0.2, 0.25) is 10.8 Å². The number of amides is 2. The Bertz CT molecular complexity index is 1020. The molecule has 3 rings (SSSR count). The number of benzene rings is 2. The van der Waals surface area contributed by atoms with E-state index in [1.165, 1.54) is 7.11 Å². The van der Waals surface area contributed by atoms with E-state index in [1.54, 1.807) is 0 Å². The highest BCUT2D eigenvalue weighted by atomic mass is 16.5. The van der Waals surface area contributed by atoms with E-state index in [4.69, 9.17) is 10.3 Å². The minimum Gasteiger partial charge on any atom is -0.467 e. The molecular weight excluding hydrogens is 390 g/mol. The molecule has 3 atom stereocenters. The van der Waals surface area contributed by atoms with Gasteiger partial charge in [-0.3, -0.25) is 9.69 Å². The van der Waals surface area contributed by atoms with Gasteiger partial charge >= 0.3 is 12.1 Å². The lowest BCUT2D eigenvalue weighted by molar-refractivity contribution is -0.145. The highest BCUT2D eigenvalue weighted by Gasteiger charge is 2.43. The van der Waals surface area contributed by atoms with Gasteiger partial charge in [0, 0.05) is 12.8 Å². The number of nitrogens with zero attached hydrogens (tertiary/aromatic N) is 3. The zero-order valence-electron chi connectivity index (χ0n) is 16.3. The van der Waals surface area contributed by atoms with Crippen molar-refractivity contribution in [1.29, 1.82) is 5.53 Å². The Hall–Kier alpha value is -3.78. The number of fused-ring (bicyclic) bond motifs is 1. The van der Waals surface area contributed by atoms with Crippen molar-refractivity contribution in [2.24, 2.45) is 5.11 Å². The second-order valence-corrected chi connectivity index (χ2v) is 7.03. The van der Waals surface area contributed by atoms with E-state index in [2.05, 4.69) is 15.3 Å². The standard InChI is InChI=1S/C20H21N5O5/c1-30-19(27)16(9-12-6-7-13-4-2-3-5-14(13)8-12)22-18(26)17-10-15(23-24-21)11-25(17)20(28)29/h2-8,15-17,21H,9-11H2,1H3,(H-,22,26,28,29)/p+1. The van der Waals surface area contributed by atoms with Crippen molar-refractivity contribution < 1.29 is 24.2 Å². The number of rotatable bonds is 6. The predicted molar refractivity (Wildman–Crippen MR) is 106 cm³/mol. The van der Waals surface area contributed by atoms with Gasteiger partial charge in [0.15, 0.2) is 6.04 Å². The molecule has 2 aromatic rings. The van der Waals surface area contributed by atoms with Crippen LogP contribution in [-0.4, -0.2) is 59.8 Å². The minimum absolute atomic E-state index is 0.0383. The van der Waals surface area contributed by atoms with Crippen LogP contribution in [0, 0.1) is 5.53 Å². The zero-order chi connectivity index (χ0) is 21.7. The average Bonchev–Trinajstić information content (AvgIpc) is 3.17. The Kier molecular flexibility index (Phi) is 6.38. The number of hydrogen-bond acceptors (Lipinski definition) is 6. The van der Waals surface area contributed by atoms with Crippen LogP contribution in [0.25, 0.3) is 10.8 Å². The third-order valence-electron chi connectivity index (χ3n) is 5.10. The second-order valence-electron chi connectivity index (χ2n) is 7.03. The molecule has 0 bridgehead atoms. The van der Waals surface area contributed by atoms with E-state index in [1.807, 2.05) is 42.5 Å². The lowest BCUT2D eigenvalue weighted by Crippen LogP contribution is -2.51. The largest absolute Gasteiger partial charge is 0.467 e. The molecule has 2 aromatic carbocycles. The van der Waals surface area contributed by atoms with Crippen LogP contribution in [0.15, 0.2) is 47.6 Å². The second kappa shape index (κ2) is 9.15. The van der Waals surface area contributed by atoms with Crippen LogP contribution >= 0.6 is 0 Å². The van der Waals surface area contributed by atoms with Crippen molar-refractivity contribution in [3.63, 3.8) is 0 Å². The highest BCUT2D eigenvalue weighted by molar-refractivity contribution is 5.90. The van der Waals surface area contributed by atoms with Gasteiger partial charge in [-0.05, 0) is 16.3 Å². The number of carbonyl (C=O) groups is 3. The van der Waals surface area contributed by atoms with Gasteiger partial charge in [0.25, 0.3) is 0 Å². The van der Waals surface area contributed by atoms with Crippen LogP contribution in [0.4, 0.5) is 4.79 Å². The van der Waals surface area contributed by atoms with E-state index < -0.39 is 36.1 Å². The molecular formula is C20H22N5O5+. The first-order chi connectivity index (χ1) is 14.4. The number of methoxy groups -OCH3 is 1. The molecule has 10 nitrogen and oxygen atoms in total. The Morgan fingerprint density at radius 1 is 1.30 bits per heavy atom. The summed E-state index contributed by atoms with van der Waals surface area (Å²) in [5.74, 6) is -1.24. The molecule has 10 heteroatoms. The fourth-order valence-electron chi connectivity index (χ4n) is 3.64. The Morgan fingerprint density at radius 2 is 2.03 bits per heavy atom. The van der Waals surface area contributed by atoms with Crippen LogP contribution < -0.4 is 10.2 Å². The Morgan fingerprint density at radius 3 is 2.70 bits per heavy atom. The fourth-order valence-corrected chi connectivity index (χ4v) is 3.64. The maximum Gasteiger partial charge on any atom is 0.408 e. The van der Waals surface area contributed by atoms with E-state index >= 15 is 0 Å². The zero-order valence-corrected chi connectivity index (χ0v) is 16.3. The number of esters is 1. The molecule has 0 aliphatic carbocycles. The quantitative estimate of drug-likeness (QED) is 0.375. The van der Waals surface area contributed by atoms with Crippen LogP contribution in [0.1, 0.15) is 12.0 Å². The summed E-state index contributed by atoms with van der Waals surface area (Å²) >= 11 is 0. The van der Waals surface area contributed by atoms with Gasteiger partial charge < -0.3 is 15.2 Å². The number of carboxylic acid groups (broad SMARTS) is 1. The molecule has 0 saturated carbocycles. The first-order valence-electron chi connectivity index (χ1n) is 9.35. The van der Waals surface area contributed by atoms with Crippen molar-refractivity contribution in [1.82, 2.24) is 15.1 Å². The monoisotopic (exact) mass is 412 g/mol. The van der Waals surface area contributed by atoms with Crippen LogP contribution in [0.5, 0.6) is 0 Å². The predicted octanol–water partition coefficient (Wildman–Crippen LogP) is 1.71. The summed E-state index contributed by atoms with van der Waals surface area (Å²) in [6, 6.07) is 10.9. The highest BCUT2D eigenvalue weighted by Crippen LogP contribution is 2.21. The van der Waals surface area contributed by atoms with Gasteiger partial charge in [-0.15, -0.1) is 0 Å². The average molecular weight is 412 g/mol. The molecule has 2 amide bonds. The molecule has 1 aliphatic rings. The van der Waals surface area contributed by atoms with Gasteiger partial charge in [-0.25, -0.2) is 9.59 Å². The van der Waals surface area contributed by atoms with E-state index in [9.17, 15) is 19.5 Å². The van der Waals surface area contributed by atoms with Crippen LogP contribution in [0.2, 0.25) is 0 Å². The van der Waals surface area contributed by atoms with E-state index in [-0.39, 0.29) is 19.4 Å². The molecule has 1 heterocycles. The molecule has 30 heavy (non-hydrogen) atoms. The third kappa shape index (κ3) is 4.61. The summed E-state index contributed by atoms with van der Waals surface area (Å²) in [5, 5.41) is 17.7. The molecule has 156 valence electrons. The number of likely N-dealkylation sites (tertiary alicyclic amines) is 1. The van der Waals surface area contributed by atoms with Crippen LogP contribution in [0.3, 0.4) is 0 Å². The summed E-state index contributed by atoms with van der Waals surface area (Å²) in [4.78, 5) is 40.5. The third-order valence-corrected chi connectivity index (χ3v) is 5.10. The van der Waals surface area contributed by atoms with E-state index in [0.717, 1.165) is 21.2 Å². The maximum atomic E-state index is 12.8. The van der Waals surface area contributed by atoms with E-state index in [0.29, 0.717) is 0 Å². The lowest BCUT2D eigenvalue weighted by atomic mass is 10.0. The minimum atomic E-state index is -1.28. The summed E-state index contributed by atoms with van der Waals surface area (Å²) < 4.78 is 4.83.